The molecule has 0 bridgehead atoms. The molecule has 0 N–H and O–H groups in total. The molecule has 3 heterocycles. The Balaban J connectivity index is 1.60. The van der Waals surface area contributed by atoms with Crippen molar-refractivity contribution >= 4 is 41.0 Å². The van der Waals surface area contributed by atoms with Crippen LogP contribution in [0.1, 0.15) is 55.4 Å². The van der Waals surface area contributed by atoms with Crippen molar-refractivity contribution in [3.63, 3.8) is 0 Å². The fourth-order valence-corrected chi connectivity index (χ4v) is 5.82. The number of hydrogen-bond donors (Lipinski definition) is 0. The summed E-state index contributed by atoms with van der Waals surface area (Å²) >= 11 is 7.43. The van der Waals surface area contributed by atoms with Gasteiger partial charge in [-0.3, -0.25) is 9.36 Å². The molecule has 0 unspecified atom stereocenters. The number of benzene rings is 2. The van der Waals surface area contributed by atoms with Crippen LogP contribution >= 0.6 is 22.9 Å². The Morgan fingerprint density at radius 1 is 1.12 bits per heavy atom. The summed E-state index contributed by atoms with van der Waals surface area (Å²) in [5, 5.41) is 0.432. The van der Waals surface area contributed by atoms with Crippen LogP contribution in [0.25, 0.3) is 17.4 Å². The molecular weight excluding hydrogens is 564 g/mol. The highest BCUT2D eigenvalue weighted by Crippen LogP contribution is 2.31. The van der Waals surface area contributed by atoms with Gasteiger partial charge in [0.1, 0.15) is 11.5 Å². The molecule has 0 aliphatic carbocycles. The van der Waals surface area contributed by atoms with Crippen molar-refractivity contribution < 1.29 is 23.5 Å². The number of nitrogens with zero attached hydrogens (tertiary/aromatic N) is 2. The summed E-state index contributed by atoms with van der Waals surface area (Å²) < 4.78 is 18.7. The maximum absolute atomic E-state index is 13.8. The second-order valence-corrected chi connectivity index (χ2v) is 11.0. The molecule has 10 heteroatoms. The lowest BCUT2D eigenvalue weighted by atomic mass is 9.96. The minimum Gasteiger partial charge on any atom is -0.463 e. The zero-order valence-electron chi connectivity index (χ0n) is 22.8. The number of hydrogen-bond acceptors (Lipinski definition) is 8. The fraction of sp³-hybridized carbons (Fsp3) is 0.226. The van der Waals surface area contributed by atoms with Crippen molar-refractivity contribution in [3.05, 3.63) is 114 Å². The van der Waals surface area contributed by atoms with Crippen LogP contribution in [0.2, 0.25) is 5.02 Å². The lowest BCUT2D eigenvalue weighted by Crippen LogP contribution is -2.39. The molecule has 1 aliphatic rings. The zero-order chi connectivity index (χ0) is 29.3. The summed E-state index contributed by atoms with van der Waals surface area (Å²) in [6, 6.07) is 16.9. The molecule has 210 valence electrons. The van der Waals surface area contributed by atoms with Crippen LogP contribution in [0, 0.1) is 0 Å². The second kappa shape index (κ2) is 11.7. The molecule has 2 aromatic heterocycles. The Morgan fingerprint density at radius 2 is 1.88 bits per heavy atom. The Morgan fingerprint density at radius 3 is 2.59 bits per heavy atom. The van der Waals surface area contributed by atoms with E-state index in [1.807, 2.05) is 30.3 Å². The van der Waals surface area contributed by atoms with E-state index in [4.69, 9.17) is 25.5 Å². The summed E-state index contributed by atoms with van der Waals surface area (Å²) in [7, 11) is 0. The van der Waals surface area contributed by atoms with Crippen LogP contribution in [0.15, 0.2) is 86.1 Å². The highest BCUT2D eigenvalue weighted by Gasteiger charge is 2.33. The first-order chi connectivity index (χ1) is 19.7. The zero-order valence-corrected chi connectivity index (χ0v) is 24.4. The molecule has 2 aromatic carbocycles. The number of thiazole rings is 1. The average molecular weight is 591 g/mol. The first-order valence-electron chi connectivity index (χ1n) is 13.0. The smallest absolute Gasteiger partial charge is 0.339 e. The van der Waals surface area contributed by atoms with Crippen LogP contribution in [0.5, 0.6) is 0 Å². The van der Waals surface area contributed by atoms with Crippen molar-refractivity contribution in [2.24, 2.45) is 4.99 Å². The number of halogens is 1. The number of carbonyl (C=O) groups is 2. The lowest BCUT2D eigenvalue weighted by molar-refractivity contribution is -0.139. The number of rotatable bonds is 7. The number of ether oxygens (including phenoxy) is 2. The largest absolute Gasteiger partial charge is 0.463 e. The summed E-state index contributed by atoms with van der Waals surface area (Å²) in [6.07, 6.45) is 1.33. The van der Waals surface area contributed by atoms with Gasteiger partial charge in [-0.25, -0.2) is 14.6 Å². The number of aromatic nitrogens is 1. The van der Waals surface area contributed by atoms with Gasteiger partial charge in [-0.15, -0.1) is 0 Å². The Hall–Kier alpha value is -4.21. The lowest BCUT2D eigenvalue weighted by Gasteiger charge is -2.24. The molecule has 0 fully saturated rings. The van der Waals surface area contributed by atoms with E-state index in [2.05, 4.69) is 4.99 Å². The van der Waals surface area contributed by atoms with Crippen LogP contribution in [0.4, 0.5) is 0 Å². The molecular formula is C31H27ClN2O6S. The third kappa shape index (κ3) is 5.68. The number of furan rings is 1. The first kappa shape index (κ1) is 28.3. The highest BCUT2D eigenvalue weighted by molar-refractivity contribution is 7.07. The summed E-state index contributed by atoms with van der Waals surface area (Å²) in [6.45, 7) is 7.22. The van der Waals surface area contributed by atoms with Gasteiger partial charge in [0.25, 0.3) is 5.56 Å². The normalized spacial score (nSPS) is 15.1. The summed E-state index contributed by atoms with van der Waals surface area (Å²) in [4.78, 5) is 44.5. The third-order valence-electron chi connectivity index (χ3n) is 6.34. The van der Waals surface area contributed by atoms with E-state index >= 15 is 0 Å². The molecule has 5 rings (SSSR count). The molecule has 0 spiro atoms. The van der Waals surface area contributed by atoms with E-state index in [0.29, 0.717) is 48.3 Å². The highest BCUT2D eigenvalue weighted by atomic mass is 35.5. The minimum absolute atomic E-state index is 0.200. The van der Waals surface area contributed by atoms with Gasteiger partial charge < -0.3 is 13.9 Å². The maximum atomic E-state index is 13.8. The van der Waals surface area contributed by atoms with E-state index in [9.17, 15) is 14.4 Å². The summed E-state index contributed by atoms with van der Waals surface area (Å²) in [5.41, 5.74) is 2.04. The Bertz CT molecular complexity index is 1850. The Kier molecular flexibility index (Phi) is 8.10. The quantitative estimate of drug-likeness (QED) is 0.272. The van der Waals surface area contributed by atoms with E-state index < -0.39 is 18.0 Å². The van der Waals surface area contributed by atoms with Gasteiger partial charge in [-0.2, -0.15) is 0 Å². The van der Waals surface area contributed by atoms with Gasteiger partial charge in [0, 0.05) is 16.7 Å². The summed E-state index contributed by atoms with van der Waals surface area (Å²) in [5.74, 6) is -0.219. The third-order valence-corrected chi connectivity index (χ3v) is 7.56. The van der Waals surface area contributed by atoms with Crippen LogP contribution in [0.3, 0.4) is 0 Å². The van der Waals surface area contributed by atoms with Gasteiger partial charge in [-0.05, 0) is 63.6 Å². The first-order valence-corrected chi connectivity index (χ1v) is 14.2. The second-order valence-electron chi connectivity index (χ2n) is 9.56. The van der Waals surface area contributed by atoms with Crippen molar-refractivity contribution in [2.45, 2.75) is 39.8 Å². The molecule has 4 aromatic rings. The SMILES string of the molecule is CCOC(=O)C1=C(C)N=c2s/c(=C/c3ccc(-c4cc(Cl)ccc4C(=O)OC(C)C)o3)c(=O)n2[C@@H]1c1ccccc1. The van der Waals surface area contributed by atoms with Gasteiger partial charge >= 0.3 is 11.9 Å². The number of fused-ring (bicyclic) bond motifs is 1. The van der Waals surface area contributed by atoms with Gasteiger partial charge in [-0.1, -0.05) is 53.3 Å². The predicted molar refractivity (Wildman–Crippen MR) is 157 cm³/mol. The molecule has 0 amide bonds. The molecule has 8 nitrogen and oxygen atoms in total. The number of allylic oxidation sites excluding steroid dienone is 1. The van der Waals surface area contributed by atoms with Crippen molar-refractivity contribution in [3.8, 4) is 11.3 Å². The van der Waals surface area contributed by atoms with E-state index in [0.717, 1.165) is 5.56 Å². The minimum atomic E-state index is -0.693. The molecule has 1 aliphatic heterocycles. The average Bonchev–Trinajstić information content (AvgIpc) is 3.52. The van der Waals surface area contributed by atoms with E-state index in [1.165, 1.54) is 15.9 Å². The van der Waals surface area contributed by atoms with E-state index in [-0.39, 0.29) is 18.3 Å². The van der Waals surface area contributed by atoms with Crippen molar-refractivity contribution in [2.75, 3.05) is 6.61 Å². The standard InChI is InChI=1S/C31H27ClN2O6S/c1-5-38-30(37)26-18(4)33-31-34(27(26)19-9-7-6-8-10-19)28(35)25(41-31)16-21-12-14-24(40-21)23-15-20(32)11-13-22(23)29(36)39-17(2)3/h6-17,27H,5H2,1-4H3/b25-16+/t27-/m1/s1. The van der Waals surface area contributed by atoms with Gasteiger partial charge in [0.2, 0.25) is 0 Å². The number of esters is 2. The monoisotopic (exact) mass is 590 g/mol. The topological polar surface area (TPSA) is 100 Å². The predicted octanol–water partition coefficient (Wildman–Crippen LogP) is 5.28. The fourth-order valence-electron chi connectivity index (χ4n) is 4.62. The molecule has 41 heavy (non-hydrogen) atoms. The van der Waals surface area contributed by atoms with Crippen LogP contribution in [-0.2, 0) is 14.3 Å². The molecule has 1 atom stereocenters. The van der Waals surface area contributed by atoms with Crippen molar-refractivity contribution in [1.82, 2.24) is 4.57 Å². The number of carbonyl (C=O) groups excluding carboxylic acids is 2. The maximum Gasteiger partial charge on any atom is 0.339 e. The van der Waals surface area contributed by atoms with Crippen molar-refractivity contribution in [1.29, 1.82) is 0 Å². The van der Waals surface area contributed by atoms with Crippen LogP contribution < -0.4 is 14.9 Å². The van der Waals surface area contributed by atoms with Crippen LogP contribution in [-0.4, -0.2) is 29.2 Å². The molecule has 0 saturated heterocycles. The molecule has 0 saturated carbocycles. The Labute approximate surface area is 244 Å². The van der Waals surface area contributed by atoms with Gasteiger partial charge in [0.05, 0.1) is 40.1 Å². The van der Waals surface area contributed by atoms with Gasteiger partial charge in [0.15, 0.2) is 4.80 Å². The molecule has 0 radical (unpaired) electrons. The van der Waals surface area contributed by atoms with E-state index in [1.54, 1.807) is 64.1 Å².